The summed E-state index contributed by atoms with van der Waals surface area (Å²) in [6.07, 6.45) is 2.17. The lowest BCUT2D eigenvalue weighted by Crippen LogP contribution is -2.37. The lowest BCUT2D eigenvalue weighted by molar-refractivity contribution is 0.199. The van der Waals surface area contributed by atoms with E-state index in [1.54, 1.807) is 6.92 Å². The summed E-state index contributed by atoms with van der Waals surface area (Å²) in [7, 11) is 4.26. The molecule has 1 aliphatic heterocycles. The molecule has 0 saturated carbocycles. The maximum absolute atomic E-state index is 9.53. The molecule has 2 atom stereocenters. The van der Waals surface area contributed by atoms with E-state index in [1.807, 2.05) is 12.1 Å². The Bertz CT molecular complexity index is 373. The normalized spacial score (nSPS) is 21.6. The SMILES string of the molecule is C[C@@H](O)c1ccc(N2CCCC2CN(C)C)cc1. The minimum atomic E-state index is -0.379. The molecule has 1 heterocycles. The summed E-state index contributed by atoms with van der Waals surface area (Å²) in [6, 6.07) is 8.96. The van der Waals surface area contributed by atoms with Crippen LogP contribution in [0.4, 0.5) is 5.69 Å². The van der Waals surface area contributed by atoms with Crippen LogP contribution in [0.1, 0.15) is 31.4 Å². The van der Waals surface area contributed by atoms with Gasteiger partial charge < -0.3 is 14.9 Å². The van der Waals surface area contributed by atoms with Crippen molar-refractivity contribution in [1.82, 2.24) is 4.90 Å². The molecular weight excluding hydrogens is 224 g/mol. The van der Waals surface area contributed by atoms with E-state index in [2.05, 4.69) is 36.0 Å². The van der Waals surface area contributed by atoms with Crippen LogP contribution in [0.3, 0.4) is 0 Å². The molecule has 1 saturated heterocycles. The Morgan fingerprint density at radius 2 is 2.00 bits per heavy atom. The van der Waals surface area contributed by atoms with E-state index in [-0.39, 0.29) is 6.10 Å². The molecule has 0 aromatic heterocycles. The van der Waals surface area contributed by atoms with Crippen LogP contribution in [-0.2, 0) is 0 Å². The van der Waals surface area contributed by atoms with Crippen molar-refractivity contribution in [3.8, 4) is 0 Å². The zero-order valence-corrected chi connectivity index (χ0v) is 11.6. The molecule has 0 radical (unpaired) electrons. The first-order valence-electron chi connectivity index (χ1n) is 6.77. The maximum Gasteiger partial charge on any atom is 0.0761 e. The molecule has 1 unspecified atom stereocenters. The minimum Gasteiger partial charge on any atom is -0.389 e. The van der Waals surface area contributed by atoms with Gasteiger partial charge in [-0.25, -0.2) is 0 Å². The van der Waals surface area contributed by atoms with Crippen LogP contribution >= 0.6 is 0 Å². The fraction of sp³-hybridized carbons (Fsp3) is 0.600. The number of anilines is 1. The summed E-state index contributed by atoms with van der Waals surface area (Å²) in [5.41, 5.74) is 2.27. The van der Waals surface area contributed by atoms with E-state index >= 15 is 0 Å². The highest BCUT2D eigenvalue weighted by Crippen LogP contribution is 2.27. The molecule has 0 amide bonds. The van der Waals surface area contributed by atoms with E-state index in [0.717, 1.165) is 18.7 Å². The molecule has 1 N–H and O–H groups in total. The Kier molecular flexibility index (Phi) is 4.25. The third-order valence-electron chi connectivity index (χ3n) is 3.66. The molecular formula is C15H24N2O. The van der Waals surface area contributed by atoms with Gasteiger partial charge in [-0.05, 0) is 51.6 Å². The van der Waals surface area contributed by atoms with Crippen LogP contribution in [0.2, 0.25) is 0 Å². The number of hydrogen-bond donors (Lipinski definition) is 1. The Morgan fingerprint density at radius 3 is 2.56 bits per heavy atom. The number of hydrogen-bond acceptors (Lipinski definition) is 3. The van der Waals surface area contributed by atoms with Crippen molar-refractivity contribution in [1.29, 1.82) is 0 Å². The van der Waals surface area contributed by atoms with Crippen molar-refractivity contribution in [2.75, 3.05) is 32.1 Å². The number of aliphatic hydroxyl groups is 1. The van der Waals surface area contributed by atoms with E-state index in [1.165, 1.54) is 18.5 Å². The molecule has 1 aromatic carbocycles. The van der Waals surface area contributed by atoms with Crippen molar-refractivity contribution in [2.45, 2.75) is 31.9 Å². The predicted molar refractivity (Wildman–Crippen MR) is 76.0 cm³/mol. The fourth-order valence-electron chi connectivity index (χ4n) is 2.73. The van der Waals surface area contributed by atoms with Crippen molar-refractivity contribution < 1.29 is 5.11 Å². The molecule has 0 spiro atoms. The van der Waals surface area contributed by atoms with Gasteiger partial charge in [-0.15, -0.1) is 0 Å². The Balaban J connectivity index is 2.10. The largest absolute Gasteiger partial charge is 0.389 e. The Morgan fingerprint density at radius 1 is 1.33 bits per heavy atom. The highest BCUT2D eigenvalue weighted by atomic mass is 16.3. The average molecular weight is 248 g/mol. The maximum atomic E-state index is 9.53. The van der Waals surface area contributed by atoms with Gasteiger partial charge in [-0.2, -0.15) is 0 Å². The van der Waals surface area contributed by atoms with Crippen LogP contribution in [0.15, 0.2) is 24.3 Å². The molecule has 3 heteroatoms. The summed E-state index contributed by atoms with van der Waals surface area (Å²) in [5.74, 6) is 0. The number of rotatable bonds is 4. The number of aliphatic hydroxyl groups excluding tert-OH is 1. The van der Waals surface area contributed by atoms with Gasteiger partial charge in [0.1, 0.15) is 0 Å². The van der Waals surface area contributed by atoms with Crippen LogP contribution in [-0.4, -0.2) is 43.2 Å². The smallest absolute Gasteiger partial charge is 0.0761 e. The van der Waals surface area contributed by atoms with Crippen molar-refractivity contribution in [3.05, 3.63) is 29.8 Å². The van der Waals surface area contributed by atoms with E-state index < -0.39 is 0 Å². The van der Waals surface area contributed by atoms with Crippen molar-refractivity contribution >= 4 is 5.69 Å². The molecule has 0 bridgehead atoms. The first kappa shape index (κ1) is 13.4. The second kappa shape index (κ2) is 5.72. The summed E-state index contributed by atoms with van der Waals surface area (Å²) < 4.78 is 0. The number of benzene rings is 1. The van der Waals surface area contributed by atoms with Gasteiger partial charge in [0, 0.05) is 24.8 Å². The molecule has 0 aliphatic carbocycles. The summed E-state index contributed by atoms with van der Waals surface area (Å²) >= 11 is 0. The molecule has 3 nitrogen and oxygen atoms in total. The van der Waals surface area contributed by atoms with Gasteiger partial charge in [0.25, 0.3) is 0 Å². The second-order valence-corrected chi connectivity index (χ2v) is 5.52. The third kappa shape index (κ3) is 3.03. The van der Waals surface area contributed by atoms with Gasteiger partial charge in [0.05, 0.1) is 6.10 Å². The minimum absolute atomic E-state index is 0.379. The van der Waals surface area contributed by atoms with Crippen LogP contribution in [0.25, 0.3) is 0 Å². The first-order chi connectivity index (χ1) is 8.58. The zero-order valence-electron chi connectivity index (χ0n) is 11.6. The van der Waals surface area contributed by atoms with E-state index in [9.17, 15) is 5.11 Å². The average Bonchev–Trinajstić information content (AvgIpc) is 2.76. The lowest BCUT2D eigenvalue weighted by atomic mass is 10.1. The van der Waals surface area contributed by atoms with Gasteiger partial charge in [0.15, 0.2) is 0 Å². The summed E-state index contributed by atoms with van der Waals surface area (Å²) in [6.45, 7) is 4.06. The molecule has 1 aliphatic rings. The van der Waals surface area contributed by atoms with Gasteiger partial charge >= 0.3 is 0 Å². The quantitative estimate of drug-likeness (QED) is 0.885. The van der Waals surface area contributed by atoms with Gasteiger partial charge in [-0.1, -0.05) is 12.1 Å². The van der Waals surface area contributed by atoms with Crippen molar-refractivity contribution in [2.24, 2.45) is 0 Å². The van der Waals surface area contributed by atoms with Crippen LogP contribution in [0, 0.1) is 0 Å². The molecule has 18 heavy (non-hydrogen) atoms. The number of nitrogens with zero attached hydrogens (tertiary/aromatic N) is 2. The summed E-state index contributed by atoms with van der Waals surface area (Å²) in [5, 5.41) is 9.53. The topological polar surface area (TPSA) is 26.7 Å². The van der Waals surface area contributed by atoms with Gasteiger partial charge in [0.2, 0.25) is 0 Å². The first-order valence-corrected chi connectivity index (χ1v) is 6.77. The van der Waals surface area contributed by atoms with E-state index in [4.69, 9.17) is 0 Å². The second-order valence-electron chi connectivity index (χ2n) is 5.52. The lowest BCUT2D eigenvalue weighted by Gasteiger charge is -2.29. The van der Waals surface area contributed by atoms with Gasteiger partial charge in [-0.3, -0.25) is 0 Å². The number of likely N-dealkylation sites (N-methyl/N-ethyl adjacent to an activating group) is 1. The zero-order chi connectivity index (χ0) is 13.1. The standard InChI is InChI=1S/C15H24N2O/c1-12(18)13-6-8-14(9-7-13)17-10-4-5-15(17)11-16(2)3/h6-9,12,15,18H,4-5,10-11H2,1-3H3/t12-,15?/m1/s1. The monoisotopic (exact) mass is 248 g/mol. The molecule has 1 fully saturated rings. The predicted octanol–water partition coefficient (Wildman–Crippen LogP) is 2.27. The van der Waals surface area contributed by atoms with Crippen molar-refractivity contribution in [3.63, 3.8) is 0 Å². The summed E-state index contributed by atoms with van der Waals surface area (Å²) in [4.78, 5) is 4.75. The fourth-order valence-corrected chi connectivity index (χ4v) is 2.73. The van der Waals surface area contributed by atoms with Crippen LogP contribution < -0.4 is 4.90 Å². The molecule has 100 valence electrons. The Labute approximate surface area is 110 Å². The molecule has 2 rings (SSSR count). The third-order valence-corrected chi connectivity index (χ3v) is 3.66. The Hall–Kier alpha value is -1.06. The molecule has 1 aromatic rings. The van der Waals surface area contributed by atoms with E-state index in [0.29, 0.717) is 6.04 Å². The highest BCUT2D eigenvalue weighted by Gasteiger charge is 2.24. The van der Waals surface area contributed by atoms with Crippen LogP contribution in [0.5, 0.6) is 0 Å². The highest BCUT2D eigenvalue weighted by molar-refractivity contribution is 5.49.